The number of hydrogen-bond donors (Lipinski definition) is 1. The maximum atomic E-state index is 12.7. The van der Waals surface area contributed by atoms with E-state index in [0.29, 0.717) is 6.04 Å². The van der Waals surface area contributed by atoms with E-state index in [0.717, 1.165) is 30.0 Å². The van der Waals surface area contributed by atoms with Crippen molar-refractivity contribution in [1.29, 1.82) is 0 Å². The summed E-state index contributed by atoms with van der Waals surface area (Å²) in [6.45, 7) is 6.42. The maximum Gasteiger partial charge on any atom is 0.257 e. The predicted octanol–water partition coefficient (Wildman–Crippen LogP) is 4.68. The zero-order chi connectivity index (χ0) is 17.4. The molecule has 0 unspecified atom stereocenters. The number of amides is 1. The Balaban J connectivity index is 1.46. The van der Waals surface area contributed by atoms with Gasteiger partial charge in [0.15, 0.2) is 0 Å². The Morgan fingerprint density at radius 2 is 1.72 bits per heavy atom. The number of benzene rings is 1. The van der Waals surface area contributed by atoms with E-state index in [4.69, 9.17) is 0 Å². The van der Waals surface area contributed by atoms with Crippen LogP contribution in [-0.2, 0) is 0 Å². The summed E-state index contributed by atoms with van der Waals surface area (Å²) in [5.74, 6) is -0.00859. The fourth-order valence-corrected chi connectivity index (χ4v) is 4.01. The molecule has 1 N–H and O–H groups in total. The second kappa shape index (κ2) is 6.58. The van der Waals surface area contributed by atoms with Crippen LogP contribution in [-0.4, -0.2) is 23.6 Å². The van der Waals surface area contributed by atoms with Crippen LogP contribution in [0.1, 0.15) is 59.9 Å². The molecule has 132 valence electrons. The van der Waals surface area contributed by atoms with E-state index in [9.17, 15) is 4.79 Å². The summed E-state index contributed by atoms with van der Waals surface area (Å²) in [4.78, 5) is 15.1. The summed E-state index contributed by atoms with van der Waals surface area (Å²) < 4.78 is 2.31. The number of carbonyl (C=O) groups excluding carboxylic acids is 1. The van der Waals surface area contributed by atoms with Crippen LogP contribution < -0.4 is 10.2 Å². The highest BCUT2D eigenvalue weighted by Gasteiger charge is 2.28. The monoisotopic (exact) mass is 337 g/mol. The number of rotatable bonds is 4. The van der Waals surface area contributed by atoms with Crippen LogP contribution >= 0.6 is 0 Å². The highest BCUT2D eigenvalue weighted by Crippen LogP contribution is 2.38. The Morgan fingerprint density at radius 1 is 1.04 bits per heavy atom. The van der Waals surface area contributed by atoms with Crippen LogP contribution in [0.3, 0.4) is 0 Å². The second-order valence-electron chi connectivity index (χ2n) is 7.43. The van der Waals surface area contributed by atoms with Gasteiger partial charge in [-0.05, 0) is 76.3 Å². The first-order chi connectivity index (χ1) is 12.1. The fourth-order valence-electron chi connectivity index (χ4n) is 4.01. The molecule has 2 heterocycles. The number of anilines is 2. The molecule has 1 amide bonds. The molecular formula is C21H27N3O. The summed E-state index contributed by atoms with van der Waals surface area (Å²) in [6, 6.07) is 10.9. The summed E-state index contributed by atoms with van der Waals surface area (Å²) >= 11 is 0. The molecule has 2 aromatic rings. The summed E-state index contributed by atoms with van der Waals surface area (Å²) in [6.07, 6.45) is 6.35. The minimum absolute atomic E-state index is 0.00859. The second-order valence-corrected chi connectivity index (χ2v) is 7.43. The molecule has 1 aromatic heterocycles. The molecule has 0 spiro atoms. The molecule has 25 heavy (non-hydrogen) atoms. The first kappa shape index (κ1) is 16.2. The molecule has 4 heteroatoms. The SMILES string of the molecule is Cc1cc(C(=O)Nc2ccc(N3CCCCC3)cc2)c(C)n1C1CC1. The molecule has 0 bridgehead atoms. The van der Waals surface area contributed by atoms with Gasteiger partial charge in [-0.1, -0.05) is 0 Å². The predicted molar refractivity (Wildman–Crippen MR) is 103 cm³/mol. The first-order valence-electron chi connectivity index (χ1n) is 9.48. The highest BCUT2D eigenvalue weighted by molar-refractivity contribution is 6.05. The van der Waals surface area contributed by atoms with Gasteiger partial charge in [-0.3, -0.25) is 4.79 Å². The van der Waals surface area contributed by atoms with Crippen LogP contribution in [0.2, 0.25) is 0 Å². The van der Waals surface area contributed by atoms with Crippen LogP contribution in [0.4, 0.5) is 11.4 Å². The van der Waals surface area contributed by atoms with Gasteiger partial charge in [0.25, 0.3) is 5.91 Å². The van der Waals surface area contributed by atoms with Gasteiger partial charge in [0.1, 0.15) is 0 Å². The van der Waals surface area contributed by atoms with Crippen molar-refractivity contribution < 1.29 is 4.79 Å². The van der Waals surface area contributed by atoms with Crippen molar-refractivity contribution in [2.24, 2.45) is 0 Å². The number of nitrogens with one attached hydrogen (secondary N) is 1. The Bertz CT molecular complexity index is 765. The number of nitrogens with zero attached hydrogens (tertiary/aromatic N) is 2. The lowest BCUT2D eigenvalue weighted by molar-refractivity contribution is 0.102. The van der Waals surface area contributed by atoms with Crippen molar-refractivity contribution in [3.05, 3.63) is 47.3 Å². The quantitative estimate of drug-likeness (QED) is 0.879. The van der Waals surface area contributed by atoms with Crippen molar-refractivity contribution in [2.45, 2.75) is 52.0 Å². The van der Waals surface area contributed by atoms with Gasteiger partial charge in [0.05, 0.1) is 5.56 Å². The molecule has 1 aromatic carbocycles. The fraction of sp³-hybridized carbons (Fsp3) is 0.476. The maximum absolute atomic E-state index is 12.7. The van der Waals surface area contributed by atoms with E-state index in [-0.39, 0.29) is 5.91 Å². The van der Waals surface area contributed by atoms with Crippen LogP contribution in [0.5, 0.6) is 0 Å². The summed E-state index contributed by atoms with van der Waals surface area (Å²) in [5.41, 5.74) is 5.18. The zero-order valence-corrected chi connectivity index (χ0v) is 15.2. The van der Waals surface area contributed by atoms with Gasteiger partial charge in [-0.15, -0.1) is 0 Å². The molecule has 2 aliphatic rings. The topological polar surface area (TPSA) is 37.3 Å². The number of carbonyl (C=O) groups is 1. The summed E-state index contributed by atoms with van der Waals surface area (Å²) in [7, 11) is 0. The van der Waals surface area contributed by atoms with Crippen molar-refractivity contribution in [3.8, 4) is 0 Å². The molecule has 4 nitrogen and oxygen atoms in total. The molecule has 2 fully saturated rings. The Kier molecular flexibility index (Phi) is 4.28. The van der Waals surface area contributed by atoms with Gasteiger partial charge < -0.3 is 14.8 Å². The lowest BCUT2D eigenvalue weighted by atomic mass is 10.1. The Labute approximate surface area is 149 Å². The van der Waals surface area contributed by atoms with Gasteiger partial charge in [0, 0.05) is 41.9 Å². The van der Waals surface area contributed by atoms with E-state index in [1.54, 1.807) is 0 Å². The average molecular weight is 337 g/mol. The lowest BCUT2D eigenvalue weighted by Crippen LogP contribution is -2.29. The third kappa shape index (κ3) is 3.30. The highest BCUT2D eigenvalue weighted by atomic mass is 16.1. The molecular weight excluding hydrogens is 310 g/mol. The van der Waals surface area contributed by atoms with E-state index < -0.39 is 0 Å². The number of hydrogen-bond acceptors (Lipinski definition) is 2. The van der Waals surface area contributed by atoms with Crippen molar-refractivity contribution in [2.75, 3.05) is 23.3 Å². The van der Waals surface area contributed by atoms with Gasteiger partial charge in [-0.25, -0.2) is 0 Å². The normalized spacial score (nSPS) is 17.6. The van der Waals surface area contributed by atoms with Gasteiger partial charge >= 0.3 is 0 Å². The number of piperidine rings is 1. The van der Waals surface area contributed by atoms with E-state index >= 15 is 0 Å². The summed E-state index contributed by atoms with van der Waals surface area (Å²) in [5, 5.41) is 3.06. The van der Waals surface area contributed by atoms with Gasteiger partial charge in [-0.2, -0.15) is 0 Å². The van der Waals surface area contributed by atoms with E-state index in [2.05, 4.69) is 40.8 Å². The molecule has 0 radical (unpaired) electrons. The molecule has 1 saturated carbocycles. The molecule has 0 atom stereocenters. The van der Waals surface area contributed by atoms with E-state index in [1.165, 1.54) is 43.5 Å². The molecule has 1 aliphatic carbocycles. The number of aromatic nitrogens is 1. The molecule has 1 saturated heterocycles. The van der Waals surface area contributed by atoms with Crippen LogP contribution in [0, 0.1) is 13.8 Å². The minimum atomic E-state index is -0.00859. The largest absolute Gasteiger partial charge is 0.372 e. The Morgan fingerprint density at radius 3 is 2.36 bits per heavy atom. The first-order valence-corrected chi connectivity index (χ1v) is 9.48. The average Bonchev–Trinajstić information content (AvgIpc) is 3.41. The third-order valence-corrected chi connectivity index (χ3v) is 5.49. The Hall–Kier alpha value is -2.23. The smallest absolute Gasteiger partial charge is 0.257 e. The van der Waals surface area contributed by atoms with Crippen LogP contribution in [0.15, 0.2) is 30.3 Å². The van der Waals surface area contributed by atoms with E-state index in [1.807, 2.05) is 18.2 Å². The van der Waals surface area contributed by atoms with Crippen LogP contribution in [0.25, 0.3) is 0 Å². The minimum Gasteiger partial charge on any atom is -0.372 e. The van der Waals surface area contributed by atoms with Crippen molar-refractivity contribution >= 4 is 17.3 Å². The zero-order valence-electron chi connectivity index (χ0n) is 15.2. The molecule has 1 aliphatic heterocycles. The number of aryl methyl sites for hydroxylation is 1. The lowest BCUT2D eigenvalue weighted by Gasteiger charge is -2.28. The van der Waals surface area contributed by atoms with Gasteiger partial charge in [0.2, 0.25) is 0 Å². The van der Waals surface area contributed by atoms with Crippen molar-refractivity contribution in [1.82, 2.24) is 4.57 Å². The molecule has 4 rings (SSSR count). The van der Waals surface area contributed by atoms with Crippen molar-refractivity contribution in [3.63, 3.8) is 0 Å². The third-order valence-electron chi connectivity index (χ3n) is 5.49. The standard InChI is InChI=1S/C21H27N3O/c1-15-14-20(16(2)24(15)19-10-11-19)21(25)22-17-6-8-18(9-7-17)23-12-4-3-5-13-23/h6-9,14,19H,3-5,10-13H2,1-2H3,(H,22,25).